The van der Waals surface area contributed by atoms with Crippen molar-refractivity contribution in [3.8, 4) is 0 Å². The second kappa shape index (κ2) is 6.23. The monoisotopic (exact) mass is 322 g/mol. The van der Waals surface area contributed by atoms with Crippen LogP contribution in [0.15, 0.2) is 30.3 Å². The number of hydrogen-bond acceptors (Lipinski definition) is 4. The van der Waals surface area contributed by atoms with Crippen LogP contribution in [0.2, 0.25) is 0 Å². The van der Waals surface area contributed by atoms with E-state index in [0.29, 0.717) is 11.5 Å². The Bertz CT molecular complexity index is 768. The molecule has 0 N–H and O–H groups in total. The van der Waals surface area contributed by atoms with Crippen molar-refractivity contribution in [1.82, 2.24) is 14.9 Å². The van der Waals surface area contributed by atoms with Crippen LogP contribution in [0.25, 0.3) is 0 Å². The van der Waals surface area contributed by atoms with Crippen LogP contribution in [0, 0.1) is 6.92 Å². The van der Waals surface area contributed by atoms with Crippen molar-refractivity contribution in [3.05, 3.63) is 53.0 Å². The number of benzene rings is 1. The molecule has 1 fully saturated rings. The summed E-state index contributed by atoms with van der Waals surface area (Å²) < 4.78 is 0. The van der Waals surface area contributed by atoms with Gasteiger partial charge in [0.25, 0.3) is 5.91 Å². The number of likely N-dealkylation sites (tertiary alicyclic amines) is 1. The van der Waals surface area contributed by atoms with E-state index in [-0.39, 0.29) is 5.91 Å². The lowest BCUT2D eigenvalue weighted by atomic mass is 10.00. The molecule has 2 aromatic rings. The van der Waals surface area contributed by atoms with Crippen LogP contribution in [0.1, 0.15) is 40.3 Å². The molecule has 1 aromatic heterocycles. The molecule has 0 unspecified atom stereocenters. The molecule has 5 nitrogen and oxygen atoms in total. The van der Waals surface area contributed by atoms with Gasteiger partial charge in [0.2, 0.25) is 0 Å². The molecule has 124 valence electrons. The maximum absolute atomic E-state index is 12.6. The summed E-state index contributed by atoms with van der Waals surface area (Å²) in [6.07, 6.45) is 3.19. The van der Waals surface area contributed by atoms with Crippen LogP contribution in [0.4, 0.5) is 5.82 Å². The van der Waals surface area contributed by atoms with Crippen molar-refractivity contribution in [1.29, 1.82) is 0 Å². The molecule has 0 saturated carbocycles. The van der Waals surface area contributed by atoms with Gasteiger partial charge in [-0.25, -0.2) is 9.97 Å². The lowest BCUT2D eigenvalue weighted by Gasteiger charge is -2.30. The molecule has 1 saturated heterocycles. The molecule has 1 aromatic carbocycles. The van der Waals surface area contributed by atoms with Crippen LogP contribution in [-0.2, 0) is 13.0 Å². The van der Waals surface area contributed by atoms with Gasteiger partial charge in [-0.1, -0.05) is 24.3 Å². The molecular weight excluding hydrogens is 300 g/mol. The summed E-state index contributed by atoms with van der Waals surface area (Å²) in [5.74, 6) is 1.56. The van der Waals surface area contributed by atoms with Gasteiger partial charge in [-0.05, 0) is 37.3 Å². The van der Waals surface area contributed by atoms with E-state index in [1.165, 1.54) is 11.1 Å². The maximum Gasteiger partial charge on any atom is 0.272 e. The normalized spacial score (nSPS) is 17.0. The smallest absolute Gasteiger partial charge is 0.272 e. The van der Waals surface area contributed by atoms with Crippen molar-refractivity contribution < 1.29 is 4.79 Å². The van der Waals surface area contributed by atoms with Crippen molar-refractivity contribution in [2.75, 3.05) is 24.5 Å². The molecule has 0 radical (unpaired) electrons. The van der Waals surface area contributed by atoms with Crippen LogP contribution >= 0.6 is 0 Å². The molecule has 2 aliphatic heterocycles. The highest BCUT2D eigenvalue weighted by atomic mass is 16.2. The molecule has 1 amide bonds. The number of aromatic nitrogens is 2. The Kier molecular flexibility index (Phi) is 3.92. The van der Waals surface area contributed by atoms with Gasteiger partial charge >= 0.3 is 0 Å². The van der Waals surface area contributed by atoms with Gasteiger partial charge in [-0.15, -0.1) is 0 Å². The van der Waals surface area contributed by atoms with E-state index in [1.807, 2.05) is 17.9 Å². The summed E-state index contributed by atoms with van der Waals surface area (Å²) in [6.45, 7) is 5.31. The third-order valence-corrected chi connectivity index (χ3v) is 4.89. The molecule has 24 heavy (non-hydrogen) atoms. The summed E-state index contributed by atoms with van der Waals surface area (Å²) in [6, 6.07) is 10.4. The number of anilines is 1. The maximum atomic E-state index is 12.6. The van der Waals surface area contributed by atoms with Gasteiger partial charge in [0.15, 0.2) is 0 Å². The summed E-state index contributed by atoms with van der Waals surface area (Å²) in [7, 11) is 0. The average molecular weight is 322 g/mol. The van der Waals surface area contributed by atoms with Crippen molar-refractivity contribution in [2.24, 2.45) is 0 Å². The fourth-order valence-corrected chi connectivity index (χ4v) is 3.60. The Balaban J connectivity index is 1.61. The second-order valence-electron chi connectivity index (χ2n) is 6.60. The number of carbonyl (C=O) groups is 1. The second-order valence-corrected chi connectivity index (χ2v) is 6.60. The van der Waals surface area contributed by atoms with Crippen molar-refractivity contribution in [3.63, 3.8) is 0 Å². The molecule has 0 aliphatic carbocycles. The highest BCUT2D eigenvalue weighted by molar-refractivity contribution is 5.93. The van der Waals surface area contributed by atoms with Gasteiger partial charge in [0, 0.05) is 32.2 Å². The predicted octanol–water partition coefficient (Wildman–Crippen LogP) is 2.58. The Morgan fingerprint density at radius 1 is 1.04 bits per heavy atom. The number of rotatable bonds is 2. The number of carbonyl (C=O) groups excluding carboxylic acids is 1. The summed E-state index contributed by atoms with van der Waals surface area (Å²) in [5, 5.41) is 0. The van der Waals surface area contributed by atoms with E-state index in [1.54, 1.807) is 0 Å². The fourth-order valence-electron chi connectivity index (χ4n) is 3.60. The molecule has 5 heteroatoms. The van der Waals surface area contributed by atoms with Gasteiger partial charge < -0.3 is 9.80 Å². The van der Waals surface area contributed by atoms with Crippen molar-refractivity contribution in [2.45, 2.75) is 32.7 Å². The first-order chi connectivity index (χ1) is 11.7. The van der Waals surface area contributed by atoms with Gasteiger partial charge in [0.05, 0.1) is 0 Å². The zero-order chi connectivity index (χ0) is 16.5. The Labute approximate surface area is 142 Å². The Hall–Kier alpha value is -2.43. The minimum Gasteiger partial charge on any atom is -0.352 e. The molecule has 2 aliphatic rings. The number of amides is 1. The van der Waals surface area contributed by atoms with E-state index in [0.717, 1.165) is 51.3 Å². The third-order valence-electron chi connectivity index (χ3n) is 4.89. The van der Waals surface area contributed by atoms with Gasteiger partial charge in [-0.2, -0.15) is 0 Å². The van der Waals surface area contributed by atoms with Crippen molar-refractivity contribution >= 4 is 11.7 Å². The highest BCUT2D eigenvalue weighted by Crippen LogP contribution is 2.24. The van der Waals surface area contributed by atoms with Gasteiger partial charge in [-0.3, -0.25) is 4.79 Å². The Morgan fingerprint density at radius 2 is 1.79 bits per heavy atom. The number of aryl methyl sites for hydroxylation is 1. The number of fused-ring (bicyclic) bond motifs is 1. The zero-order valence-corrected chi connectivity index (χ0v) is 14.0. The summed E-state index contributed by atoms with van der Waals surface area (Å²) >= 11 is 0. The summed E-state index contributed by atoms with van der Waals surface area (Å²) in [4.78, 5) is 25.8. The zero-order valence-electron chi connectivity index (χ0n) is 14.0. The lowest BCUT2D eigenvalue weighted by molar-refractivity contribution is 0.0786. The van der Waals surface area contributed by atoms with Crippen LogP contribution in [-0.4, -0.2) is 40.4 Å². The lowest BCUT2D eigenvalue weighted by Crippen LogP contribution is -2.32. The van der Waals surface area contributed by atoms with E-state index < -0.39 is 0 Å². The molecule has 0 spiro atoms. The van der Waals surface area contributed by atoms with E-state index >= 15 is 0 Å². The van der Waals surface area contributed by atoms with E-state index in [9.17, 15) is 4.79 Å². The molecular formula is C19H22N4O. The SMILES string of the molecule is Cc1nc(C(=O)N2CCCC2)cc(N2CCc3ccccc3C2)n1. The molecule has 0 bridgehead atoms. The number of nitrogens with zero attached hydrogens (tertiary/aromatic N) is 4. The Morgan fingerprint density at radius 3 is 2.58 bits per heavy atom. The van der Waals surface area contributed by atoms with E-state index in [4.69, 9.17) is 0 Å². The first-order valence-corrected chi connectivity index (χ1v) is 8.67. The molecule has 0 atom stereocenters. The molecule has 3 heterocycles. The minimum absolute atomic E-state index is 0.0386. The van der Waals surface area contributed by atoms with Gasteiger partial charge in [0.1, 0.15) is 17.3 Å². The number of hydrogen-bond donors (Lipinski definition) is 0. The van der Waals surface area contributed by atoms with Crippen LogP contribution in [0.3, 0.4) is 0 Å². The highest BCUT2D eigenvalue weighted by Gasteiger charge is 2.23. The average Bonchev–Trinajstić information content (AvgIpc) is 3.14. The first-order valence-electron chi connectivity index (χ1n) is 8.67. The van der Waals surface area contributed by atoms with Crippen LogP contribution < -0.4 is 4.90 Å². The predicted molar refractivity (Wildman–Crippen MR) is 93.1 cm³/mol. The quantitative estimate of drug-likeness (QED) is 0.853. The standard InChI is InChI=1S/C19H22N4O/c1-14-20-17(19(24)22-9-4-5-10-22)12-18(21-14)23-11-8-15-6-2-3-7-16(15)13-23/h2-3,6-7,12H,4-5,8-11,13H2,1H3. The van der Waals surface area contributed by atoms with E-state index in [2.05, 4.69) is 39.1 Å². The third kappa shape index (κ3) is 2.86. The largest absolute Gasteiger partial charge is 0.352 e. The fraction of sp³-hybridized carbons (Fsp3) is 0.421. The minimum atomic E-state index is 0.0386. The topological polar surface area (TPSA) is 49.3 Å². The molecule has 4 rings (SSSR count). The first kappa shape index (κ1) is 15.1. The van der Waals surface area contributed by atoms with Crippen LogP contribution in [0.5, 0.6) is 0 Å². The summed E-state index contributed by atoms with van der Waals surface area (Å²) in [5.41, 5.74) is 3.28.